The number of ether oxygens (including phenoxy) is 1. The summed E-state index contributed by atoms with van der Waals surface area (Å²) in [6.07, 6.45) is 6.79. The molecule has 4 nitrogen and oxygen atoms in total. The van der Waals surface area contributed by atoms with Gasteiger partial charge in [-0.2, -0.15) is 0 Å². The van der Waals surface area contributed by atoms with Crippen LogP contribution in [0.4, 0.5) is 5.69 Å². The molecule has 0 aliphatic carbocycles. The fourth-order valence-electron chi connectivity index (χ4n) is 2.81. The van der Waals surface area contributed by atoms with Crippen LogP contribution in [0.2, 0.25) is 0 Å². The fraction of sp³-hybridized carbons (Fsp3) is 0.391. The van der Waals surface area contributed by atoms with Crippen molar-refractivity contribution in [3.05, 3.63) is 60.2 Å². The lowest BCUT2D eigenvalue weighted by Crippen LogP contribution is -2.33. The Bertz CT molecular complexity index is 717. The SMILES string of the molecule is CCCCCCC(=O)NC(=S)Nc1ccc(OCCCc2ccccc2)cc1. The quantitative estimate of drug-likeness (QED) is 0.389. The molecule has 2 aromatic rings. The summed E-state index contributed by atoms with van der Waals surface area (Å²) in [5.41, 5.74) is 2.15. The minimum atomic E-state index is -0.0352. The number of benzene rings is 2. The van der Waals surface area contributed by atoms with Gasteiger partial charge in [-0.3, -0.25) is 4.79 Å². The van der Waals surface area contributed by atoms with E-state index in [0.717, 1.165) is 50.0 Å². The first-order valence-corrected chi connectivity index (χ1v) is 10.5. The van der Waals surface area contributed by atoms with Crippen molar-refractivity contribution in [3.63, 3.8) is 0 Å². The highest BCUT2D eigenvalue weighted by Gasteiger charge is 2.05. The van der Waals surface area contributed by atoms with Crippen molar-refractivity contribution >= 4 is 28.9 Å². The van der Waals surface area contributed by atoms with Gasteiger partial charge in [0.1, 0.15) is 5.75 Å². The molecule has 0 bridgehead atoms. The second-order valence-corrected chi connectivity index (χ2v) is 7.18. The number of carbonyl (C=O) groups excluding carboxylic acids is 1. The summed E-state index contributed by atoms with van der Waals surface area (Å²) >= 11 is 5.20. The molecule has 0 unspecified atom stereocenters. The predicted molar refractivity (Wildman–Crippen MR) is 120 cm³/mol. The summed E-state index contributed by atoms with van der Waals surface area (Å²) in [7, 11) is 0. The monoisotopic (exact) mass is 398 g/mol. The lowest BCUT2D eigenvalue weighted by atomic mass is 10.1. The molecule has 0 saturated carbocycles. The Morgan fingerprint density at radius 1 is 0.964 bits per heavy atom. The lowest BCUT2D eigenvalue weighted by Gasteiger charge is -2.11. The second kappa shape index (κ2) is 12.9. The number of nitrogens with one attached hydrogen (secondary N) is 2. The maximum atomic E-state index is 11.9. The lowest BCUT2D eigenvalue weighted by molar-refractivity contribution is -0.119. The number of carbonyl (C=O) groups is 1. The van der Waals surface area contributed by atoms with Gasteiger partial charge in [-0.15, -0.1) is 0 Å². The van der Waals surface area contributed by atoms with Crippen molar-refractivity contribution in [2.75, 3.05) is 11.9 Å². The Morgan fingerprint density at radius 2 is 1.71 bits per heavy atom. The summed E-state index contributed by atoms with van der Waals surface area (Å²) in [6, 6.07) is 18.0. The number of anilines is 1. The van der Waals surface area contributed by atoms with Crippen LogP contribution in [-0.4, -0.2) is 17.6 Å². The predicted octanol–water partition coefficient (Wildman–Crippen LogP) is 5.48. The molecule has 2 N–H and O–H groups in total. The molecule has 0 fully saturated rings. The van der Waals surface area contributed by atoms with Gasteiger partial charge in [-0.1, -0.05) is 56.5 Å². The molecule has 0 aromatic heterocycles. The molecule has 150 valence electrons. The molecule has 28 heavy (non-hydrogen) atoms. The number of rotatable bonds is 11. The van der Waals surface area contributed by atoms with Crippen LogP contribution in [0.3, 0.4) is 0 Å². The summed E-state index contributed by atoms with van der Waals surface area (Å²) in [6.45, 7) is 2.83. The zero-order valence-electron chi connectivity index (χ0n) is 16.6. The van der Waals surface area contributed by atoms with Crippen LogP contribution in [0.5, 0.6) is 5.75 Å². The summed E-state index contributed by atoms with van der Waals surface area (Å²) in [5, 5.41) is 6.09. The van der Waals surface area contributed by atoms with Gasteiger partial charge < -0.3 is 15.4 Å². The molecule has 0 radical (unpaired) electrons. The third-order valence-electron chi connectivity index (χ3n) is 4.34. The normalized spacial score (nSPS) is 10.3. The number of hydrogen-bond donors (Lipinski definition) is 2. The van der Waals surface area contributed by atoms with Crippen molar-refractivity contribution < 1.29 is 9.53 Å². The highest BCUT2D eigenvalue weighted by molar-refractivity contribution is 7.80. The Kier molecular flexibility index (Phi) is 10.1. The molecule has 0 heterocycles. The van der Waals surface area contributed by atoms with E-state index in [1.54, 1.807) is 0 Å². The van der Waals surface area contributed by atoms with Crippen molar-refractivity contribution in [2.24, 2.45) is 0 Å². The number of unbranched alkanes of at least 4 members (excludes halogenated alkanes) is 3. The van der Waals surface area contributed by atoms with E-state index in [1.807, 2.05) is 30.3 Å². The fourth-order valence-corrected chi connectivity index (χ4v) is 3.04. The molecule has 5 heteroatoms. The third-order valence-corrected chi connectivity index (χ3v) is 4.55. The maximum absolute atomic E-state index is 11.9. The van der Waals surface area contributed by atoms with Gasteiger partial charge in [-0.05, 0) is 61.3 Å². The Balaban J connectivity index is 1.64. The molecular formula is C23H30N2O2S. The van der Waals surface area contributed by atoms with E-state index in [-0.39, 0.29) is 5.91 Å². The minimum Gasteiger partial charge on any atom is -0.494 e. The molecule has 0 aliphatic heterocycles. The van der Waals surface area contributed by atoms with Crippen molar-refractivity contribution in [1.29, 1.82) is 0 Å². The van der Waals surface area contributed by atoms with Crippen LogP contribution < -0.4 is 15.4 Å². The summed E-state index contributed by atoms with van der Waals surface area (Å²) in [4.78, 5) is 11.9. The van der Waals surface area contributed by atoms with Gasteiger partial charge in [0.25, 0.3) is 0 Å². The van der Waals surface area contributed by atoms with Gasteiger partial charge in [-0.25, -0.2) is 0 Å². The molecular weight excluding hydrogens is 368 g/mol. The van der Waals surface area contributed by atoms with Gasteiger partial charge >= 0.3 is 0 Å². The van der Waals surface area contributed by atoms with Crippen molar-refractivity contribution in [3.8, 4) is 5.75 Å². The van der Waals surface area contributed by atoms with E-state index in [4.69, 9.17) is 17.0 Å². The first-order chi connectivity index (χ1) is 13.7. The molecule has 0 saturated heterocycles. The first-order valence-electron chi connectivity index (χ1n) is 10.0. The van der Waals surface area contributed by atoms with Crippen LogP contribution in [0.25, 0.3) is 0 Å². The molecule has 2 aromatic carbocycles. The highest BCUT2D eigenvalue weighted by atomic mass is 32.1. The number of amides is 1. The highest BCUT2D eigenvalue weighted by Crippen LogP contribution is 2.16. The zero-order chi connectivity index (χ0) is 20.0. The third kappa shape index (κ3) is 9.00. The summed E-state index contributed by atoms with van der Waals surface area (Å²) < 4.78 is 5.79. The number of hydrogen-bond acceptors (Lipinski definition) is 3. The van der Waals surface area contributed by atoms with Crippen LogP contribution >= 0.6 is 12.2 Å². The van der Waals surface area contributed by atoms with Crippen molar-refractivity contribution in [2.45, 2.75) is 51.9 Å². The van der Waals surface area contributed by atoms with Gasteiger partial charge in [0.05, 0.1) is 6.61 Å². The van der Waals surface area contributed by atoms with Crippen LogP contribution in [0, 0.1) is 0 Å². The molecule has 0 spiro atoms. The first kappa shape index (κ1) is 21.9. The Hall–Kier alpha value is -2.40. The largest absolute Gasteiger partial charge is 0.494 e. The van der Waals surface area contributed by atoms with E-state index >= 15 is 0 Å². The van der Waals surface area contributed by atoms with Crippen LogP contribution in [-0.2, 0) is 11.2 Å². The molecule has 2 rings (SSSR count). The average Bonchev–Trinajstić information content (AvgIpc) is 2.70. The van der Waals surface area contributed by atoms with E-state index in [9.17, 15) is 4.79 Å². The van der Waals surface area contributed by atoms with E-state index in [0.29, 0.717) is 18.1 Å². The Labute approximate surface area is 173 Å². The smallest absolute Gasteiger partial charge is 0.226 e. The topological polar surface area (TPSA) is 50.4 Å². The van der Waals surface area contributed by atoms with Crippen LogP contribution in [0.15, 0.2) is 54.6 Å². The summed E-state index contributed by atoms with van der Waals surface area (Å²) in [5.74, 6) is 0.788. The van der Waals surface area contributed by atoms with Gasteiger partial charge in [0.15, 0.2) is 5.11 Å². The standard InChI is InChI=1S/C23H30N2O2S/c1-2-3-4-8-13-22(26)25-23(28)24-20-14-16-21(17-15-20)27-18-9-12-19-10-6-5-7-11-19/h5-7,10-11,14-17H,2-4,8-9,12-13,18H2,1H3,(H2,24,25,26,28). The zero-order valence-corrected chi connectivity index (χ0v) is 17.4. The molecule has 0 atom stereocenters. The van der Waals surface area contributed by atoms with E-state index in [2.05, 4.69) is 41.8 Å². The molecule has 0 aliphatic rings. The average molecular weight is 399 g/mol. The van der Waals surface area contributed by atoms with E-state index < -0.39 is 0 Å². The van der Waals surface area contributed by atoms with E-state index in [1.165, 1.54) is 5.56 Å². The van der Waals surface area contributed by atoms with Gasteiger partial charge in [0.2, 0.25) is 5.91 Å². The van der Waals surface area contributed by atoms with Crippen molar-refractivity contribution in [1.82, 2.24) is 5.32 Å². The minimum absolute atomic E-state index is 0.0352. The maximum Gasteiger partial charge on any atom is 0.226 e. The number of aryl methyl sites for hydroxylation is 1. The second-order valence-electron chi connectivity index (χ2n) is 6.77. The molecule has 1 amide bonds. The number of thiocarbonyl (C=S) groups is 1. The van der Waals surface area contributed by atoms with Crippen LogP contribution in [0.1, 0.15) is 51.0 Å². The Morgan fingerprint density at radius 3 is 2.43 bits per heavy atom. The van der Waals surface area contributed by atoms with Gasteiger partial charge in [0, 0.05) is 12.1 Å².